The van der Waals surface area contributed by atoms with Gasteiger partial charge in [-0.15, -0.1) is 0 Å². The van der Waals surface area contributed by atoms with E-state index in [1.807, 2.05) is 37.3 Å². The molecule has 0 radical (unpaired) electrons. The predicted molar refractivity (Wildman–Crippen MR) is 128 cm³/mol. The van der Waals surface area contributed by atoms with Gasteiger partial charge in [-0.05, 0) is 54.5 Å². The molecule has 2 aliphatic heterocycles. The lowest BCUT2D eigenvalue weighted by atomic mass is 9.89. The van der Waals surface area contributed by atoms with Crippen molar-refractivity contribution in [1.82, 2.24) is 14.9 Å². The summed E-state index contributed by atoms with van der Waals surface area (Å²) < 4.78 is 7.36. The van der Waals surface area contributed by atoms with Gasteiger partial charge in [0.2, 0.25) is 0 Å². The summed E-state index contributed by atoms with van der Waals surface area (Å²) >= 11 is 0. The summed E-state index contributed by atoms with van der Waals surface area (Å²) in [4.78, 5) is 0. The van der Waals surface area contributed by atoms with E-state index in [0.29, 0.717) is 12.2 Å². The molecule has 3 N–H and O–H groups in total. The number of fused-ring (bicyclic) bond motifs is 5. The van der Waals surface area contributed by atoms with Crippen LogP contribution in [0.25, 0.3) is 11.6 Å². The number of hydrogen-bond donors (Lipinski definition) is 3. The lowest BCUT2D eigenvalue weighted by Gasteiger charge is -2.35. The molecule has 0 fully saturated rings. The topological polar surface area (TPSA) is 86.4 Å². The number of hydrogen-bond acceptors (Lipinski definition) is 6. The lowest BCUT2D eigenvalue weighted by Crippen LogP contribution is -2.33. The number of ether oxygens (including phenoxy) is 1. The maximum absolute atomic E-state index is 10.1. The molecule has 0 aliphatic carbocycles. The van der Waals surface area contributed by atoms with Gasteiger partial charge in [-0.1, -0.05) is 24.3 Å². The van der Waals surface area contributed by atoms with Gasteiger partial charge in [-0.3, -0.25) is 0 Å². The number of rotatable bonds is 4. The molecule has 33 heavy (non-hydrogen) atoms. The molecule has 2 aliphatic rings. The Labute approximate surface area is 191 Å². The largest absolute Gasteiger partial charge is 0.494 e. The molecule has 4 heterocycles. The molecule has 0 saturated heterocycles. The highest BCUT2D eigenvalue weighted by Crippen LogP contribution is 2.43. The van der Waals surface area contributed by atoms with Crippen LogP contribution in [0, 0.1) is 11.3 Å². The zero-order chi connectivity index (χ0) is 22.4. The van der Waals surface area contributed by atoms with E-state index < -0.39 is 0 Å². The Kier molecular flexibility index (Phi) is 4.44. The first kappa shape index (κ1) is 19.3. The summed E-state index contributed by atoms with van der Waals surface area (Å²) in [5, 5.41) is 25.3. The van der Waals surface area contributed by atoms with Gasteiger partial charge in [0, 0.05) is 23.5 Å². The first-order chi connectivity index (χ1) is 16.3. The molecule has 7 heteroatoms. The second kappa shape index (κ2) is 7.61. The molecular weight excluding hydrogens is 412 g/mol. The highest BCUT2D eigenvalue weighted by atomic mass is 16.5. The van der Waals surface area contributed by atoms with Crippen molar-refractivity contribution >= 4 is 28.8 Å². The number of benzene rings is 2. The van der Waals surface area contributed by atoms with Crippen molar-refractivity contribution in [3.8, 4) is 11.8 Å². The smallest absolute Gasteiger partial charge is 0.142 e. The molecule has 2 aromatic heterocycles. The van der Waals surface area contributed by atoms with E-state index in [4.69, 9.17) is 4.74 Å². The Morgan fingerprint density at radius 3 is 2.85 bits per heavy atom. The summed E-state index contributed by atoms with van der Waals surface area (Å²) in [6.07, 6.45) is 3.85. The van der Waals surface area contributed by atoms with Gasteiger partial charge in [0.05, 0.1) is 30.0 Å². The van der Waals surface area contributed by atoms with E-state index in [-0.39, 0.29) is 6.04 Å². The first-order valence-electron chi connectivity index (χ1n) is 11.0. The molecule has 7 nitrogen and oxygen atoms in total. The zero-order valence-electron chi connectivity index (χ0n) is 18.1. The van der Waals surface area contributed by atoms with Gasteiger partial charge in [0.25, 0.3) is 0 Å². The minimum atomic E-state index is -0.0294. The summed E-state index contributed by atoms with van der Waals surface area (Å²) in [5.74, 6) is 1.62. The minimum absolute atomic E-state index is 0.0294. The molecular formula is C26H22N6O. The first-order valence-corrected chi connectivity index (χ1v) is 11.0. The number of nitrogens with one attached hydrogen (secondary N) is 3. The molecule has 1 atom stereocenters. The van der Waals surface area contributed by atoms with Crippen LogP contribution in [-0.4, -0.2) is 16.2 Å². The molecule has 162 valence electrons. The third-order valence-electron chi connectivity index (χ3n) is 6.17. The number of anilines is 3. The van der Waals surface area contributed by atoms with E-state index in [1.165, 1.54) is 11.1 Å². The van der Waals surface area contributed by atoms with Crippen LogP contribution in [0.3, 0.4) is 0 Å². The van der Waals surface area contributed by atoms with Crippen LogP contribution in [0.1, 0.15) is 35.2 Å². The van der Waals surface area contributed by atoms with Gasteiger partial charge < -0.3 is 20.7 Å². The number of aromatic nitrogens is 2. The molecule has 0 spiro atoms. The normalized spacial score (nSPS) is 15.8. The van der Waals surface area contributed by atoms with Crippen LogP contribution in [0.2, 0.25) is 0 Å². The van der Waals surface area contributed by atoms with E-state index in [9.17, 15) is 5.26 Å². The van der Waals surface area contributed by atoms with Crippen LogP contribution in [0.4, 0.5) is 17.2 Å². The van der Waals surface area contributed by atoms with Crippen molar-refractivity contribution in [2.24, 2.45) is 0 Å². The summed E-state index contributed by atoms with van der Waals surface area (Å²) in [7, 11) is 0. The summed E-state index contributed by atoms with van der Waals surface area (Å²) in [6, 6.07) is 20.5. The maximum atomic E-state index is 10.1. The third-order valence-corrected chi connectivity index (χ3v) is 6.17. The summed E-state index contributed by atoms with van der Waals surface area (Å²) in [5.41, 5.74) is 7.51. The molecule has 2 aromatic carbocycles. The van der Waals surface area contributed by atoms with Crippen molar-refractivity contribution in [3.05, 3.63) is 88.7 Å². The van der Waals surface area contributed by atoms with Crippen LogP contribution in [0.5, 0.6) is 5.75 Å². The Hall–Kier alpha value is -4.44. The predicted octanol–water partition coefficient (Wildman–Crippen LogP) is 4.96. The molecule has 4 aromatic rings. The number of nitrogens with zero attached hydrogens (tertiary/aromatic N) is 3. The highest BCUT2D eigenvalue weighted by molar-refractivity contribution is 5.91. The Balaban J connectivity index is 1.51. The molecule has 0 bridgehead atoms. The average Bonchev–Trinajstić information content (AvgIpc) is 3.34. The van der Waals surface area contributed by atoms with Gasteiger partial charge >= 0.3 is 0 Å². The van der Waals surface area contributed by atoms with E-state index in [0.717, 1.165) is 46.3 Å². The Bertz CT molecular complexity index is 1440. The zero-order valence-corrected chi connectivity index (χ0v) is 18.1. The van der Waals surface area contributed by atoms with Crippen molar-refractivity contribution in [1.29, 1.82) is 5.26 Å². The van der Waals surface area contributed by atoms with Crippen LogP contribution in [0.15, 0.2) is 66.5 Å². The molecule has 6 rings (SSSR count). The van der Waals surface area contributed by atoms with Gasteiger partial charge in [0.1, 0.15) is 23.2 Å². The Morgan fingerprint density at radius 1 is 1.18 bits per heavy atom. The average molecular weight is 435 g/mol. The van der Waals surface area contributed by atoms with E-state index in [1.54, 1.807) is 10.7 Å². The minimum Gasteiger partial charge on any atom is -0.494 e. The SMILES string of the molecule is CCOc1ccc(Nc2c3c(c(C#N)c4ccnn24)NC2C(=C3)NCc3ccccc32)cc1. The Morgan fingerprint density at radius 2 is 2.03 bits per heavy atom. The van der Waals surface area contributed by atoms with E-state index >= 15 is 0 Å². The van der Waals surface area contributed by atoms with Crippen LogP contribution in [-0.2, 0) is 6.54 Å². The molecule has 1 unspecified atom stereocenters. The second-order valence-electron chi connectivity index (χ2n) is 8.06. The second-order valence-corrected chi connectivity index (χ2v) is 8.06. The van der Waals surface area contributed by atoms with Crippen molar-refractivity contribution in [3.63, 3.8) is 0 Å². The fraction of sp³-hybridized carbons (Fsp3) is 0.154. The van der Waals surface area contributed by atoms with Crippen molar-refractivity contribution in [2.75, 3.05) is 17.2 Å². The van der Waals surface area contributed by atoms with Gasteiger partial charge in [0.15, 0.2) is 0 Å². The maximum Gasteiger partial charge on any atom is 0.142 e. The van der Waals surface area contributed by atoms with Crippen molar-refractivity contribution < 1.29 is 4.74 Å². The van der Waals surface area contributed by atoms with Gasteiger partial charge in [-0.25, -0.2) is 4.52 Å². The molecule has 0 saturated carbocycles. The third kappa shape index (κ3) is 3.07. The monoisotopic (exact) mass is 434 g/mol. The molecule has 0 amide bonds. The van der Waals surface area contributed by atoms with Crippen LogP contribution >= 0.6 is 0 Å². The van der Waals surface area contributed by atoms with E-state index in [2.05, 4.69) is 57.5 Å². The standard InChI is InChI=1S/C26H22N6O/c1-2-33-18-9-7-17(8-10-18)30-26-20-13-22-25(19-6-4-3-5-16(19)15-28-22)31-24(20)21(14-27)23-11-12-29-32(23)26/h3-13,25,28,30-31H,2,15H2,1H3. The fourth-order valence-electron chi connectivity index (χ4n) is 4.66. The fourth-order valence-corrected chi connectivity index (χ4v) is 4.66. The summed E-state index contributed by atoms with van der Waals surface area (Å²) in [6.45, 7) is 3.36. The van der Waals surface area contributed by atoms with Crippen LogP contribution < -0.4 is 20.7 Å². The lowest BCUT2D eigenvalue weighted by molar-refractivity contribution is 0.340. The highest BCUT2D eigenvalue weighted by Gasteiger charge is 2.32. The number of pyridine rings is 1. The number of nitriles is 1. The van der Waals surface area contributed by atoms with Crippen molar-refractivity contribution in [2.45, 2.75) is 19.5 Å². The quantitative estimate of drug-likeness (QED) is 0.421. The van der Waals surface area contributed by atoms with Gasteiger partial charge in [-0.2, -0.15) is 10.4 Å².